The minimum Gasteiger partial charge on any atom is -0.496 e. The molecule has 42 heavy (non-hydrogen) atoms. The van der Waals surface area contributed by atoms with E-state index in [4.69, 9.17) is 18.9 Å². The van der Waals surface area contributed by atoms with Crippen molar-refractivity contribution in [3.8, 4) is 17.2 Å². The molecule has 1 aromatic heterocycles. The van der Waals surface area contributed by atoms with Gasteiger partial charge >= 0.3 is 5.97 Å². The van der Waals surface area contributed by atoms with Crippen LogP contribution in [0.4, 0.5) is 5.69 Å². The average Bonchev–Trinajstić information content (AvgIpc) is 3.29. The van der Waals surface area contributed by atoms with Crippen molar-refractivity contribution in [3.63, 3.8) is 0 Å². The summed E-state index contributed by atoms with van der Waals surface area (Å²) in [6.07, 6.45) is 1.42. The lowest BCUT2D eigenvalue weighted by Gasteiger charge is -2.27. The van der Waals surface area contributed by atoms with Crippen LogP contribution in [0.1, 0.15) is 31.0 Å². The standard InChI is InChI=1S/C30H27N3O8S/c1-6-41-29(35)25-16(2)31-30-32(27(25)26-19-10-8-7-9-17(19)11-12-21(26)38-3)28(34)24(42-30)14-18-13-22(39-4)23(40-5)15-20(18)33(36)37/h7-15,27H,6H2,1-5H3/b24-14-/t27-/m0/s1. The molecule has 12 heteroatoms. The second kappa shape index (κ2) is 11.5. The molecular weight excluding hydrogens is 562 g/mol. The summed E-state index contributed by atoms with van der Waals surface area (Å²) >= 11 is 1.06. The first kappa shape index (κ1) is 28.6. The number of nitrogens with zero attached hydrogens (tertiary/aromatic N) is 3. The van der Waals surface area contributed by atoms with Crippen molar-refractivity contribution in [3.05, 3.63) is 101 Å². The second-order valence-corrected chi connectivity index (χ2v) is 10.2. The second-order valence-electron chi connectivity index (χ2n) is 9.23. The number of hydrogen-bond donors (Lipinski definition) is 0. The molecular formula is C30H27N3O8S. The lowest BCUT2D eigenvalue weighted by atomic mass is 9.90. The number of thiazole rings is 1. The number of methoxy groups -OCH3 is 3. The van der Waals surface area contributed by atoms with E-state index in [1.807, 2.05) is 30.3 Å². The van der Waals surface area contributed by atoms with Gasteiger partial charge in [0.15, 0.2) is 16.3 Å². The van der Waals surface area contributed by atoms with E-state index in [0.29, 0.717) is 21.8 Å². The Kier molecular flexibility index (Phi) is 7.81. The van der Waals surface area contributed by atoms with E-state index in [9.17, 15) is 19.7 Å². The number of hydrogen-bond acceptors (Lipinski definition) is 10. The number of aromatic nitrogens is 1. The van der Waals surface area contributed by atoms with E-state index >= 15 is 0 Å². The van der Waals surface area contributed by atoms with Gasteiger partial charge in [-0.3, -0.25) is 19.5 Å². The fraction of sp³-hybridized carbons (Fsp3) is 0.233. The van der Waals surface area contributed by atoms with Crippen LogP contribution in [-0.4, -0.2) is 43.4 Å². The molecule has 1 aliphatic rings. The third-order valence-electron chi connectivity index (χ3n) is 6.96. The van der Waals surface area contributed by atoms with Gasteiger partial charge in [0, 0.05) is 5.56 Å². The van der Waals surface area contributed by atoms with E-state index in [-0.39, 0.29) is 39.5 Å². The molecule has 11 nitrogen and oxygen atoms in total. The molecule has 2 heterocycles. The maximum atomic E-state index is 14.2. The molecule has 0 saturated carbocycles. The molecule has 0 fully saturated rings. The molecule has 0 amide bonds. The van der Waals surface area contributed by atoms with Crippen LogP contribution in [0.25, 0.3) is 16.8 Å². The van der Waals surface area contributed by atoms with Gasteiger partial charge in [0.05, 0.1) is 60.3 Å². The molecule has 3 aromatic carbocycles. The number of nitro groups is 1. The lowest BCUT2D eigenvalue weighted by Crippen LogP contribution is -2.40. The topological polar surface area (TPSA) is 131 Å². The van der Waals surface area contributed by atoms with Crippen molar-refractivity contribution in [2.45, 2.75) is 19.9 Å². The average molecular weight is 590 g/mol. The number of ether oxygens (including phenoxy) is 4. The molecule has 216 valence electrons. The molecule has 1 aliphatic heterocycles. The van der Waals surface area contributed by atoms with Crippen molar-refractivity contribution < 1.29 is 28.7 Å². The Hall–Kier alpha value is -4.97. The maximum Gasteiger partial charge on any atom is 0.338 e. The summed E-state index contributed by atoms with van der Waals surface area (Å²) < 4.78 is 23.3. The molecule has 0 bridgehead atoms. The Balaban J connectivity index is 1.85. The number of esters is 1. The largest absolute Gasteiger partial charge is 0.496 e. The SMILES string of the molecule is CCOC(=O)C1=C(C)N=c2s/c(=C\c3cc(OC)c(OC)cc3[N+](=O)[O-])c(=O)n2[C@@H]1c1c(OC)ccc2ccccc12. The third-order valence-corrected chi connectivity index (χ3v) is 7.94. The highest BCUT2D eigenvalue weighted by Gasteiger charge is 2.36. The Morgan fingerprint density at radius 3 is 2.43 bits per heavy atom. The fourth-order valence-corrected chi connectivity index (χ4v) is 6.14. The molecule has 4 aromatic rings. The van der Waals surface area contributed by atoms with E-state index < -0.39 is 22.5 Å². The Bertz CT molecular complexity index is 1960. The quantitative estimate of drug-likeness (QED) is 0.172. The van der Waals surface area contributed by atoms with Crippen molar-refractivity contribution in [2.24, 2.45) is 4.99 Å². The van der Waals surface area contributed by atoms with Crippen LogP contribution in [0.15, 0.2) is 69.6 Å². The van der Waals surface area contributed by atoms with Gasteiger partial charge in [0.25, 0.3) is 11.2 Å². The van der Waals surface area contributed by atoms with Gasteiger partial charge in [-0.1, -0.05) is 41.7 Å². The van der Waals surface area contributed by atoms with Crippen LogP contribution in [0.2, 0.25) is 0 Å². The first-order valence-corrected chi connectivity index (χ1v) is 13.7. The normalized spacial score (nSPS) is 14.8. The summed E-state index contributed by atoms with van der Waals surface area (Å²) in [6.45, 7) is 3.52. The Morgan fingerprint density at radius 2 is 1.76 bits per heavy atom. The highest BCUT2D eigenvalue weighted by Crippen LogP contribution is 2.40. The highest BCUT2D eigenvalue weighted by molar-refractivity contribution is 7.07. The summed E-state index contributed by atoms with van der Waals surface area (Å²) in [5.74, 6) is 0.311. The first-order valence-electron chi connectivity index (χ1n) is 12.9. The van der Waals surface area contributed by atoms with E-state index in [1.54, 1.807) is 19.9 Å². The van der Waals surface area contributed by atoms with Crippen LogP contribution in [0.3, 0.4) is 0 Å². The summed E-state index contributed by atoms with van der Waals surface area (Å²) in [4.78, 5) is 43.9. The highest BCUT2D eigenvalue weighted by atomic mass is 32.1. The number of nitro benzene ring substituents is 1. The number of carbonyl (C=O) groups is 1. The van der Waals surface area contributed by atoms with Crippen molar-refractivity contribution in [1.29, 1.82) is 0 Å². The first-order chi connectivity index (χ1) is 20.2. The number of rotatable bonds is 8. The number of allylic oxidation sites excluding steroid dienone is 1. The summed E-state index contributed by atoms with van der Waals surface area (Å²) in [5, 5.41) is 13.6. The molecule has 0 radical (unpaired) electrons. The fourth-order valence-electron chi connectivity index (χ4n) is 5.10. The van der Waals surface area contributed by atoms with Crippen molar-refractivity contribution in [2.75, 3.05) is 27.9 Å². The summed E-state index contributed by atoms with van der Waals surface area (Å²) in [5.41, 5.74) is 0.563. The van der Waals surface area contributed by atoms with Crippen LogP contribution >= 0.6 is 11.3 Å². The van der Waals surface area contributed by atoms with Gasteiger partial charge in [-0.15, -0.1) is 0 Å². The number of carbonyl (C=O) groups excluding carboxylic acids is 1. The van der Waals surface area contributed by atoms with E-state index in [0.717, 1.165) is 22.1 Å². The molecule has 0 unspecified atom stereocenters. The van der Waals surface area contributed by atoms with Crippen molar-refractivity contribution >= 4 is 39.8 Å². The summed E-state index contributed by atoms with van der Waals surface area (Å²) in [7, 11) is 4.32. The predicted molar refractivity (Wildman–Crippen MR) is 157 cm³/mol. The van der Waals surface area contributed by atoms with E-state index in [2.05, 4.69) is 4.99 Å². The maximum absolute atomic E-state index is 14.2. The number of benzene rings is 3. The Morgan fingerprint density at radius 1 is 1.07 bits per heavy atom. The molecule has 5 rings (SSSR count). The monoisotopic (exact) mass is 589 g/mol. The van der Waals surface area contributed by atoms with Crippen LogP contribution in [0, 0.1) is 10.1 Å². The minimum absolute atomic E-state index is 0.127. The van der Waals surface area contributed by atoms with Gasteiger partial charge in [0.2, 0.25) is 0 Å². The zero-order chi connectivity index (χ0) is 30.1. The third kappa shape index (κ3) is 4.79. The molecule has 0 aliphatic carbocycles. The summed E-state index contributed by atoms with van der Waals surface area (Å²) in [6, 6.07) is 13.0. The van der Waals surface area contributed by atoms with E-state index in [1.165, 1.54) is 44.1 Å². The zero-order valence-corrected chi connectivity index (χ0v) is 24.3. The smallest absolute Gasteiger partial charge is 0.338 e. The van der Waals surface area contributed by atoms with Gasteiger partial charge in [0.1, 0.15) is 11.8 Å². The predicted octanol–water partition coefficient (Wildman–Crippen LogP) is 3.89. The van der Waals surface area contributed by atoms with Crippen molar-refractivity contribution in [1.82, 2.24) is 4.57 Å². The van der Waals surface area contributed by atoms with Crippen LogP contribution in [0.5, 0.6) is 17.2 Å². The van der Waals surface area contributed by atoms with Gasteiger partial charge < -0.3 is 18.9 Å². The zero-order valence-electron chi connectivity index (χ0n) is 23.5. The van der Waals surface area contributed by atoms with Gasteiger partial charge in [-0.2, -0.15) is 0 Å². The molecule has 0 N–H and O–H groups in total. The molecule has 0 spiro atoms. The van der Waals surface area contributed by atoms with Gasteiger partial charge in [-0.25, -0.2) is 9.79 Å². The molecule has 1 atom stereocenters. The Labute approximate surface area is 243 Å². The lowest BCUT2D eigenvalue weighted by molar-refractivity contribution is -0.385. The number of fused-ring (bicyclic) bond motifs is 2. The minimum atomic E-state index is -0.941. The molecule has 0 saturated heterocycles. The van der Waals surface area contributed by atoms with Crippen LogP contribution in [-0.2, 0) is 9.53 Å². The van der Waals surface area contributed by atoms with Gasteiger partial charge in [-0.05, 0) is 42.8 Å². The van der Waals surface area contributed by atoms with Crippen LogP contribution < -0.4 is 29.1 Å².